The maximum absolute atomic E-state index is 13.0. The van der Waals surface area contributed by atoms with Crippen molar-refractivity contribution < 1.29 is 14.3 Å². The highest BCUT2D eigenvalue weighted by molar-refractivity contribution is 6.01. The predicted molar refractivity (Wildman–Crippen MR) is 87.5 cm³/mol. The molecule has 2 aliphatic rings. The van der Waals surface area contributed by atoms with Crippen LogP contribution in [0.15, 0.2) is 30.6 Å². The molecule has 24 heavy (non-hydrogen) atoms. The van der Waals surface area contributed by atoms with E-state index in [1.54, 1.807) is 10.7 Å². The number of aromatic nitrogens is 2. The first-order valence-electron chi connectivity index (χ1n) is 8.46. The van der Waals surface area contributed by atoms with Gasteiger partial charge < -0.3 is 9.64 Å². The molecule has 1 aliphatic carbocycles. The Kier molecular flexibility index (Phi) is 3.55. The molecule has 3 heterocycles. The van der Waals surface area contributed by atoms with Gasteiger partial charge in [-0.15, -0.1) is 0 Å². The van der Waals surface area contributed by atoms with Gasteiger partial charge in [0, 0.05) is 19.3 Å². The Morgan fingerprint density at radius 3 is 3.04 bits per heavy atom. The van der Waals surface area contributed by atoms with Crippen LogP contribution in [0.4, 0.5) is 0 Å². The molecule has 2 aromatic rings. The van der Waals surface area contributed by atoms with E-state index in [1.165, 1.54) is 7.11 Å². The third-order valence-corrected chi connectivity index (χ3v) is 5.66. The van der Waals surface area contributed by atoms with Crippen molar-refractivity contribution in [1.29, 1.82) is 0 Å². The third-order valence-electron chi connectivity index (χ3n) is 5.66. The number of methoxy groups -OCH3 is 1. The van der Waals surface area contributed by atoms with E-state index >= 15 is 0 Å². The minimum Gasteiger partial charge on any atom is -0.469 e. The van der Waals surface area contributed by atoms with Gasteiger partial charge in [-0.25, -0.2) is 4.52 Å². The SMILES string of the molecule is COC(=O)[C@@]12CCCC[C@@H]1CN(C(=O)c1cnn3ccccc13)C2. The number of nitrogens with zero attached hydrogens (tertiary/aromatic N) is 3. The zero-order valence-corrected chi connectivity index (χ0v) is 13.8. The van der Waals surface area contributed by atoms with Crippen molar-refractivity contribution >= 4 is 17.4 Å². The van der Waals surface area contributed by atoms with Crippen molar-refractivity contribution in [3.05, 3.63) is 36.2 Å². The summed E-state index contributed by atoms with van der Waals surface area (Å²) < 4.78 is 6.79. The van der Waals surface area contributed by atoms with Gasteiger partial charge in [0.2, 0.25) is 0 Å². The Hall–Kier alpha value is -2.37. The molecular formula is C18H21N3O3. The maximum Gasteiger partial charge on any atom is 0.313 e. The Labute approximate surface area is 140 Å². The Bertz CT molecular complexity index is 800. The smallest absolute Gasteiger partial charge is 0.313 e. The standard InChI is InChI=1S/C18H21N3O3/c1-24-17(23)18-8-4-2-6-13(18)11-20(12-18)16(22)14-10-19-21-9-5-3-7-15(14)21/h3,5,7,9-10,13H,2,4,6,8,11-12H2,1H3/t13-,18-/m1/s1. The van der Waals surface area contributed by atoms with Gasteiger partial charge in [-0.05, 0) is 30.9 Å². The van der Waals surface area contributed by atoms with Crippen LogP contribution in [0.5, 0.6) is 0 Å². The van der Waals surface area contributed by atoms with Crippen LogP contribution in [0.3, 0.4) is 0 Å². The molecule has 6 heteroatoms. The number of fused-ring (bicyclic) bond motifs is 2. The van der Waals surface area contributed by atoms with Crippen LogP contribution in [0.1, 0.15) is 36.0 Å². The number of carbonyl (C=O) groups excluding carboxylic acids is 2. The number of amides is 1. The van der Waals surface area contributed by atoms with Gasteiger partial charge in [-0.1, -0.05) is 18.9 Å². The summed E-state index contributed by atoms with van der Waals surface area (Å²) in [7, 11) is 1.44. The fraction of sp³-hybridized carbons (Fsp3) is 0.500. The maximum atomic E-state index is 13.0. The minimum absolute atomic E-state index is 0.0473. The average molecular weight is 327 g/mol. The van der Waals surface area contributed by atoms with Crippen LogP contribution in [0.2, 0.25) is 0 Å². The van der Waals surface area contributed by atoms with Crippen molar-refractivity contribution in [3.8, 4) is 0 Å². The zero-order chi connectivity index (χ0) is 16.7. The van der Waals surface area contributed by atoms with E-state index in [9.17, 15) is 9.59 Å². The van der Waals surface area contributed by atoms with Crippen molar-refractivity contribution in [1.82, 2.24) is 14.5 Å². The number of hydrogen-bond donors (Lipinski definition) is 0. The lowest BCUT2D eigenvalue weighted by Crippen LogP contribution is -2.42. The second-order valence-corrected chi connectivity index (χ2v) is 6.86. The summed E-state index contributed by atoms with van der Waals surface area (Å²) in [6.07, 6.45) is 7.36. The first-order chi connectivity index (χ1) is 11.7. The highest BCUT2D eigenvalue weighted by Gasteiger charge is 2.54. The molecule has 0 bridgehead atoms. The number of esters is 1. The Morgan fingerprint density at radius 2 is 2.21 bits per heavy atom. The number of ether oxygens (including phenoxy) is 1. The van der Waals surface area contributed by atoms with Crippen molar-refractivity contribution in [2.75, 3.05) is 20.2 Å². The Morgan fingerprint density at radius 1 is 1.33 bits per heavy atom. The molecule has 1 saturated heterocycles. The number of rotatable bonds is 2. The lowest BCUT2D eigenvalue weighted by atomic mass is 9.68. The summed E-state index contributed by atoms with van der Waals surface area (Å²) in [5.41, 5.74) is 0.866. The summed E-state index contributed by atoms with van der Waals surface area (Å²) in [5, 5.41) is 4.25. The van der Waals surface area contributed by atoms with Crippen molar-refractivity contribution in [3.63, 3.8) is 0 Å². The van der Waals surface area contributed by atoms with E-state index in [0.29, 0.717) is 18.7 Å². The van der Waals surface area contributed by atoms with Gasteiger partial charge in [-0.2, -0.15) is 5.10 Å². The van der Waals surface area contributed by atoms with Gasteiger partial charge in [0.05, 0.1) is 29.8 Å². The number of hydrogen-bond acceptors (Lipinski definition) is 4. The molecule has 0 spiro atoms. The lowest BCUT2D eigenvalue weighted by Gasteiger charge is -2.35. The first kappa shape index (κ1) is 15.2. The summed E-state index contributed by atoms with van der Waals surface area (Å²) in [6.45, 7) is 1.07. The molecule has 4 rings (SSSR count). The van der Waals surface area contributed by atoms with E-state index in [4.69, 9.17) is 4.74 Å². The lowest BCUT2D eigenvalue weighted by molar-refractivity contribution is -0.156. The van der Waals surface area contributed by atoms with Crippen LogP contribution in [-0.4, -0.2) is 46.6 Å². The van der Waals surface area contributed by atoms with Crippen molar-refractivity contribution in [2.24, 2.45) is 11.3 Å². The van der Waals surface area contributed by atoms with Crippen LogP contribution in [-0.2, 0) is 9.53 Å². The summed E-state index contributed by atoms with van der Waals surface area (Å²) in [6, 6.07) is 5.66. The zero-order valence-electron chi connectivity index (χ0n) is 13.8. The fourth-order valence-corrected chi connectivity index (χ4v) is 4.42. The second-order valence-electron chi connectivity index (χ2n) is 6.86. The van der Waals surface area contributed by atoms with Gasteiger partial charge >= 0.3 is 5.97 Å². The quantitative estimate of drug-likeness (QED) is 0.793. The molecule has 1 saturated carbocycles. The predicted octanol–water partition coefficient (Wildman–Crippen LogP) is 2.14. The minimum atomic E-state index is -0.522. The van der Waals surface area contributed by atoms with Crippen LogP contribution >= 0.6 is 0 Å². The second kappa shape index (κ2) is 5.61. The number of likely N-dealkylation sites (tertiary alicyclic amines) is 1. The van der Waals surface area contributed by atoms with E-state index in [2.05, 4.69) is 5.10 Å². The molecule has 0 radical (unpaired) electrons. The molecular weight excluding hydrogens is 306 g/mol. The van der Waals surface area contributed by atoms with Crippen LogP contribution in [0.25, 0.3) is 5.52 Å². The number of carbonyl (C=O) groups is 2. The van der Waals surface area contributed by atoms with Crippen molar-refractivity contribution in [2.45, 2.75) is 25.7 Å². The van der Waals surface area contributed by atoms with Gasteiger partial charge in [0.15, 0.2) is 0 Å². The highest BCUT2D eigenvalue weighted by Crippen LogP contribution is 2.47. The summed E-state index contributed by atoms with van der Waals surface area (Å²) in [4.78, 5) is 27.3. The fourth-order valence-electron chi connectivity index (χ4n) is 4.42. The molecule has 1 aliphatic heterocycles. The molecule has 2 aromatic heterocycles. The monoisotopic (exact) mass is 327 g/mol. The van der Waals surface area contributed by atoms with Gasteiger partial charge in [-0.3, -0.25) is 9.59 Å². The molecule has 0 unspecified atom stereocenters. The molecule has 126 valence electrons. The molecule has 2 fully saturated rings. The molecule has 1 amide bonds. The van der Waals surface area contributed by atoms with E-state index in [1.807, 2.05) is 29.3 Å². The summed E-state index contributed by atoms with van der Waals surface area (Å²) >= 11 is 0. The topological polar surface area (TPSA) is 63.9 Å². The van der Waals surface area contributed by atoms with Gasteiger partial charge in [0.25, 0.3) is 5.91 Å². The molecule has 2 atom stereocenters. The van der Waals surface area contributed by atoms with E-state index in [0.717, 1.165) is 31.2 Å². The molecule has 0 N–H and O–H groups in total. The molecule has 6 nitrogen and oxygen atoms in total. The highest BCUT2D eigenvalue weighted by atomic mass is 16.5. The average Bonchev–Trinajstić information content (AvgIpc) is 3.22. The van der Waals surface area contributed by atoms with Crippen LogP contribution < -0.4 is 0 Å². The molecule has 0 aromatic carbocycles. The normalized spacial score (nSPS) is 26.4. The largest absolute Gasteiger partial charge is 0.469 e. The van der Waals surface area contributed by atoms with Crippen LogP contribution in [0, 0.1) is 11.3 Å². The summed E-state index contributed by atoms with van der Waals surface area (Å²) in [5.74, 6) is -0.0132. The third kappa shape index (κ3) is 2.12. The van der Waals surface area contributed by atoms with E-state index in [-0.39, 0.29) is 17.8 Å². The number of pyridine rings is 1. The first-order valence-corrected chi connectivity index (χ1v) is 8.46. The van der Waals surface area contributed by atoms with Gasteiger partial charge in [0.1, 0.15) is 0 Å². The Balaban J connectivity index is 1.66. The van der Waals surface area contributed by atoms with E-state index < -0.39 is 5.41 Å².